The van der Waals surface area contributed by atoms with E-state index in [1.807, 2.05) is 32.0 Å². The molecule has 0 amide bonds. The first-order valence-corrected chi connectivity index (χ1v) is 3.41. The van der Waals surface area contributed by atoms with E-state index < -0.39 is 0 Å². The van der Waals surface area contributed by atoms with E-state index in [0.29, 0.717) is 0 Å². The Morgan fingerprint density at radius 2 is 0.812 bits per heavy atom. The van der Waals surface area contributed by atoms with E-state index in [4.69, 9.17) is 0 Å². The SMILES string of the molecule is CC.Cc1ccccc1.[Ar].[Ar].[Ar].[Ar].[Ar].[Ar].[Ar]. The molecule has 0 aromatic heterocycles. The van der Waals surface area contributed by atoms with Gasteiger partial charge in [-0.25, -0.2) is 0 Å². The molecule has 0 N–H and O–H groups in total. The monoisotopic (exact) mass is 402 g/mol. The van der Waals surface area contributed by atoms with Crippen molar-refractivity contribution in [3.8, 4) is 0 Å². The maximum Gasteiger partial charge on any atom is 0 e. The average molecular weight is 402 g/mol. The van der Waals surface area contributed by atoms with Gasteiger partial charge in [0, 0.05) is 264 Å². The molecule has 0 saturated heterocycles. The zero-order valence-corrected chi connectivity index (χ0v) is 13.8. The van der Waals surface area contributed by atoms with Crippen LogP contribution in [-0.2, 0) is 0 Å². The molecule has 106 valence electrons. The van der Waals surface area contributed by atoms with Crippen LogP contribution in [0.4, 0.5) is 0 Å². The van der Waals surface area contributed by atoms with Crippen molar-refractivity contribution in [3.05, 3.63) is 35.9 Å². The molecule has 0 radical (unpaired) electrons. The van der Waals surface area contributed by atoms with Crippen LogP contribution >= 0.6 is 0 Å². The van der Waals surface area contributed by atoms with Gasteiger partial charge >= 0.3 is 0 Å². The van der Waals surface area contributed by atoms with Crippen LogP contribution in [0.3, 0.4) is 0 Å². The van der Waals surface area contributed by atoms with Gasteiger partial charge in [-0.3, -0.25) is 0 Å². The molecule has 0 unspecified atom stereocenters. The second-order valence-electron chi connectivity index (χ2n) is 1.65. The molecule has 0 aliphatic carbocycles. The van der Waals surface area contributed by atoms with Gasteiger partial charge in [0.1, 0.15) is 0 Å². The molecule has 1 rings (SSSR count). The summed E-state index contributed by atoms with van der Waals surface area (Å²) in [5, 5.41) is 0. The van der Waals surface area contributed by atoms with Gasteiger partial charge in [0.15, 0.2) is 0 Å². The van der Waals surface area contributed by atoms with E-state index in [2.05, 4.69) is 19.1 Å². The fraction of sp³-hybridized carbons (Fsp3) is 0.333. The van der Waals surface area contributed by atoms with E-state index in [0.717, 1.165) is 0 Å². The predicted octanol–water partition coefficient (Wildman–Crippen LogP) is 3.02. The van der Waals surface area contributed by atoms with Crippen LogP contribution in [0.1, 0.15) is 19.4 Å². The van der Waals surface area contributed by atoms with Gasteiger partial charge < -0.3 is 0 Å². The second-order valence-corrected chi connectivity index (χ2v) is 1.65. The molecule has 0 aliphatic heterocycles. The maximum atomic E-state index is 2.08. The molecular formula is C9H14Ar7. The fourth-order valence-corrected chi connectivity index (χ4v) is 0.534. The Kier molecular flexibility index (Phi) is 135. The molecular weight excluding hydrogens is 388 g/mol. The first kappa shape index (κ1) is 49.6. The Morgan fingerprint density at radius 3 is 0.938 bits per heavy atom. The third kappa shape index (κ3) is 37.9. The number of aryl methyl sites for hydroxylation is 1. The summed E-state index contributed by atoms with van der Waals surface area (Å²) in [7, 11) is 0. The fourth-order valence-electron chi connectivity index (χ4n) is 0.534. The first-order chi connectivity index (χ1) is 4.39. The van der Waals surface area contributed by atoms with E-state index in [1.54, 1.807) is 0 Å². The first-order valence-electron chi connectivity index (χ1n) is 3.41. The number of rotatable bonds is 0. The van der Waals surface area contributed by atoms with E-state index in [-0.39, 0.29) is 264 Å². The van der Waals surface area contributed by atoms with Gasteiger partial charge in [0.05, 0.1) is 0 Å². The normalized spacial score (nSPS) is 4.19. The van der Waals surface area contributed by atoms with Crippen LogP contribution in [0.25, 0.3) is 0 Å². The van der Waals surface area contributed by atoms with Crippen molar-refractivity contribution in [2.75, 3.05) is 0 Å². The average Bonchev–Trinajstić information content (AvgIpc) is 1.94. The van der Waals surface area contributed by atoms with E-state index >= 15 is 0 Å². The molecule has 0 spiro atoms. The van der Waals surface area contributed by atoms with Gasteiger partial charge in [-0.15, -0.1) is 0 Å². The quantitative estimate of drug-likeness (QED) is 0.627. The number of hydrogen-bond acceptors (Lipinski definition) is 0. The molecule has 0 saturated carbocycles. The summed E-state index contributed by atoms with van der Waals surface area (Å²) in [4.78, 5) is 0. The van der Waals surface area contributed by atoms with Crippen molar-refractivity contribution in [2.24, 2.45) is 0 Å². The molecule has 16 heavy (non-hydrogen) atoms. The standard InChI is InChI=1S/C7H8.C2H6.7Ar/c1-7-5-3-2-4-6-7;1-2;;;;;;;/h2-6H,1H3;1-2H3;;;;;;;. The predicted molar refractivity (Wildman–Crippen MR) is 42.5 cm³/mol. The van der Waals surface area contributed by atoms with Crippen molar-refractivity contribution < 1.29 is 264 Å². The summed E-state index contributed by atoms with van der Waals surface area (Å²) in [6.45, 7) is 6.08. The number of hydrogen-bond donors (Lipinski definition) is 0. The maximum absolute atomic E-state index is 2.08. The minimum atomic E-state index is 0. The van der Waals surface area contributed by atoms with Gasteiger partial charge in [-0.2, -0.15) is 0 Å². The van der Waals surface area contributed by atoms with Crippen molar-refractivity contribution in [1.29, 1.82) is 0 Å². The summed E-state index contributed by atoms with van der Waals surface area (Å²) < 4.78 is 0. The molecule has 0 atom stereocenters. The minimum absolute atomic E-state index is 0. The van der Waals surface area contributed by atoms with Crippen molar-refractivity contribution in [1.82, 2.24) is 0 Å². The Morgan fingerprint density at radius 1 is 0.562 bits per heavy atom. The summed E-state index contributed by atoms with van der Waals surface area (Å²) in [6.07, 6.45) is 0. The van der Waals surface area contributed by atoms with Crippen LogP contribution in [0.2, 0.25) is 0 Å². The van der Waals surface area contributed by atoms with Crippen molar-refractivity contribution in [2.45, 2.75) is 20.8 Å². The molecule has 0 aliphatic rings. The molecule has 0 bridgehead atoms. The van der Waals surface area contributed by atoms with E-state index in [1.165, 1.54) is 5.56 Å². The zero-order valence-electron chi connectivity index (χ0n) is 8.86. The smallest absolute Gasteiger partial charge is 0 e. The van der Waals surface area contributed by atoms with E-state index in [9.17, 15) is 0 Å². The van der Waals surface area contributed by atoms with Crippen LogP contribution in [0.5, 0.6) is 0 Å². The summed E-state index contributed by atoms with van der Waals surface area (Å²) in [5.74, 6) is 0. The summed E-state index contributed by atoms with van der Waals surface area (Å²) in [6, 6.07) is 10.3. The molecule has 1 aromatic carbocycles. The molecule has 0 nitrogen and oxygen atoms in total. The van der Waals surface area contributed by atoms with Gasteiger partial charge in [0.2, 0.25) is 0 Å². The molecule has 0 heterocycles. The topological polar surface area (TPSA) is 0 Å². The molecule has 0 fully saturated rings. The summed E-state index contributed by atoms with van der Waals surface area (Å²) in [5.41, 5.74) is 1.32. The van der Waals surface area contributed by atoms with Crippen LogP contribution < -0.4 is 0 Å². The Labute approximate surface area is 310 Å². The van der Waals surface area contributed by atoms with Crippen molar-refractivity contribution >= 4 is 0 Å². The summed E-state index contributed by atoms with van der Waals surface area (Å²) >= 11 is 0. The van der Waals surface area contributed by atoms with Gasteiger partial charge in [-0.05, 0) is 6.92 Å². The van der Waals surface area contributed by atoms with Gasteiger partial charge in [-0.1, -0.05) is 49.7 Å². The Balaban J connectivity index is -0.0000000113. The third-order valence-electron chi connectivity index (χ3n) is 0.940. The zero-order chi connectivity index (χ0) is 7.11. The second kappa shape index (κ2) is 43.5. The Hall–Kier alpha value is 8.04. The third-order valence-corrected chi connectivity index (χ3v) is 0.940. The van der Waals surface area contributed by atoms with Crippen molar-refractivity contribution in [3.63, 3.8) is 0 Å². The van der Waals surface area contributed by atoms with Crippen LogP contribution in [0.15, 0.2) is 30.3 Å². The number of benzene rings is 1. The minimum Gasteiger partial charge on any atom is -0.0683 e. The Bertz CT molecular complexity index is 146. The van der Waals surface area contributed by atoms with Gasteiger partial charge in [0.25, 0.3) is 0 Å². The van der Waals surface area contributed by atoms with Crippen LogP contribution in [0, 0.1) is 271 Å². The molecule has 1 aromatic rings. The molecule has 7 heteroatoms. The van der Waals surface area contributed by atoms with Crippen LogP contribution in [-0.4, -0.2) is 0 Å². The largest absolute Gasteiger partial charge is 0.0683 e.